The van der Waals surface area contributed by atoms with Crippen molar-refractivity contribution in [1.29, 1.82) is 0 Å². The van der Waals surface area contributed by atoms with Crippen LogP contribution in [0.4, 0.5) is 0 Å². The first-order valence-electron chi connectivity index (χ1n) is 7.23. The Bertz CT molecular complexity index is 591. The highest BCUT2D eigenvalue weighted by atomic mass is 32.1. The maximum Gasteiger partial charge on any atom is 0.234 e. The number of hydrogen-bond donors (Lipinski definition) is 1. The molecule has 0 amide bonds. The van der Waals surface area contributed by atoms with Crippen molar-refractivity contribution in [3.63, 3.8) is 0 Å². The summed E-state index contributed by atoms with van der Waals surface area (Å²) in [5.41, 5.74) is 6.30. The minimum Gasteiger partial charge on any atom is -0.325 e. The first-order chi connectivity index (χ1) is 9.23. The first kappa shape index (κ1) is 11.8. The van der Waals surface area contributed by atoms with E-state index in [1.807, 2.05) is 4.52 Å². The van der Waals surface area contributed by atoms with Crippen LogP contribution in [-0.4, -0.2) is 25.4 Å². The highest BCUT2D eigenvalue weighted by Crippen LogP contribution is 2.35. The van der Waals surface area contributed by atoms with Gasteiger partial charge in [-0.15, -0.1) is 10.2 Å². The van der Waals surface area contributed by atoms with Crippen molar-refractivity contribution in [1.82, 2.24) is 19.8 Å². The molecule has 0 spiro atoms. The number of nitrogens with zero attached hydrogens (tertiary/aromatic N) is 4. The molecule has 2 aliphatic carbocycles. The molecule has 5 nitrogen and oxygen atoms in total. The largest absolute Gasteiger partial charge is 0.325 e. The Kier molecular flexibility index (Phi) is 2.63. The van der Waals surface area contributed by atoms with Gasteiger partial charge >= 0.3 is 0 Å². The Morgan fingerprint density at radius 3 is 2.68 bits per heavy atom. The van der Waals surface area contributed by atoms with E-state index in [-0.39, 0.29) is 5.54 Å². The SMILES string of the molecule is NC1(Cc2nn3c(C4CCCC4)nnc3s2)CCC1. The molecule has 102 valence electrons. The van der Waals surface area contributed by atoms with Gasteiger partial charge in [0.25, 0.3) is 0 Å². The van der Waals surface area contributed by atoms with E-state index in [4.69, 9.17) is 10.8 Å². The summed E-state index contributed by atoms with van der Waals surface area (Å²) in [6.45, 7) is 0. The first-order valence-corrected chi connectivity index (χ1v) is 8.05. The predicted molar refractivity (Wildman–Crippen MR) is 74.3 cm³/mol. The third-order valence-corrected chi connectivity index (χ3v) is 5.53. The minimum absolute atomic E-state index is 0.00316. The van der Waals surface area contributed by atoms with Gasteiger partial charge in [-0.05, 0) is 32.1 Å². The summed E-state index contributed by atoms with van der Waals surface area (Å²) >= 11 is 1.65. The lowest BCUT2D eigenvalue weighted by Crippen LogP contribution is -2.48. The van der Waals surface area contributed by atoms with Crippen LogP contribution in [0.1, 0.15) is 61.7 Å². The Labute approximate surface area is 116 Å². The number of aromatic nitrogens is 4. The molecule has 0 bridgehead atoms. The summed E-state index contributed by atoms with van der Waals surface area (Å²) < 4.78 is 1.97. The summed E-state index contributed by atoms with van der Waals surface area (Å²) in [5.74, 6) is 1.62. The van der Waals surface area contributed by atoms with E-state index in [0.29, 0.717) is 5.92 Å². The Morgan fingerprint density at radius 2 is 2.00 bits per heavy atom. The molecule has 2 heterocycles. The van der Waals surface area contributed by atoms with E-state index in [1.165, 1.54) is 32.1 Å². The molecule has 2 saturated carbocycles. The molecule has 2 aliphatic rings. The molecule has 0 aliphatic heterocycles. The van der Waals surface area contributed by atoms with Crippen LogP contribution in [0.25, 0.3) is 4.96 Å². The third-order valence-electron chi connectivity index (χ3n) is 4.63. The van der Waals surface area contributed by atoms with Crippen LogP contribution in [0.2, 0.25) is 0 Å². The number of nitrogens with two attached hydrogens (primary N) is 1. The highest BCUT2D eigenvalue weighted by Gasteiger charge is 2.34. The summed E-state index contributed by atoms with van der Waals surface area (Å²) in [6, 6.07) is 0. The zero-order valence-electron chi connectivity index (χ0n) is 11.0. The van der Waals surface area contributed by atoms with E-state index >= 15 is 0 Å². The zero-order chi connectivity index (χ0) is 12.9. The molecule has 2 fully saturated rings. The molecule has 0 atom stereocenters. The summed E-state index contributed by atoms with van der Waals surface area (Å²) in [4.78, 5) is 0.930. The van der Waals surface area contributed by atoms with Gasteiger partial charge in [-0.25, -0.2) is 0 Å². The average molecular weight is 277 g/mol. The molecule has 6 heteroatoms. The zero-order valence-corrected chi connectivity index (χ0v) is 11.8. The van der Waals surface area contributed by atoms with Crippen LogP contribution >= 0.6 is 11.3 Å². The van der Waals surface area contributed by atoms with Crippen molar-refractivity contribution in [2.24, 2.45) is 5.73 Å². The lowest BCUT2D eigenvalue weighted by molar-refractivity contribution is 0.246. The van der Waals surface area contributed by atoms with E-state index in [2.05, 4.69) is 10.2 Å². The molecule has 2 N–H and O–H groups in total. The molecular formula is C13H19N5S. The fourth-order valence-corrected chi connectivity index (χ4v) is 4.29. The van der Waals surface area contributed by atoms with E-state index in [1.54, 1.807) is 11.3 Å². The van der Waals surface area contributed by atoms with Crippen molar-refractivity contribution in [3.8, 4) is 0 Å². The third kappa shape index (κ3) is 1.97. The van der Waals surface area contributed by atoms with Crippen LogP contribution in [-0.2, 0) is 6.42 Å². The van der Waals surface area contributed by atoms with E-state index < -0.39 is 0 Å². The van der Waals surface area contributed by atoms with E-state index in [9.17, 15) is 0 Å². The van der Waals surface area contributed by atoms with Gasteiger partial charge in [0.15, 0.2) is 5.82 Å². The predicted octanol–water partition coefficient (Wildman–Crippen LogP) is 2.27. The van der Waals surface area contributed by atoms with Crippen molar-refractivity contribution in [2.75, 3.05) is 0 Å². The van der Waals surface area contributed by atoms with Crippen LogP contribution in [0.15, 0.2) is 0 Å². The summed E-state index contributed by atoms with van der Waals surface area (Å²) in [6.07, 6.45) is 9.48. The lowest BCUT2D eigenvalue weighted by atomic mass is 9.75. The molecular weight excluding hydrogens is 258 g/mol. The molecule has 2 aromatic heterocycles. The number of hydrogen-bond acceptors (Lipinski definition) is 5. The number of rotatable bonds is 3. The molecule has 0 saturated heterocycles. The van der Waals surface area contributed by atoms with Gasteiger partial charge < -0.3 is 5.73 Å². The summed E-state index contributed by atoms with van der Waals surface area (Å²) in [5, 5.41) is 14.5. The molecule has 19 heavy (non-hydrogen) atoms. The minimum atomic E-state index is -0.00316. The van der Waals surface area contributed by atoms with Gasteiger partial charge in [0.05, 0.1) is 0 Å². The molecule has 0 radical (unpaired) electrons. The van der Waals surface area contributed by atoms with Gasteiger partial charge in [-0.1, -0.05) is 24.2 Å². The Morgan fingerprint density at radius 1 is 1.21 bits per heavy atom. The molecule has 2 aromatic rings. The Hall–Kier alpha value is -1.01. The van der Waals surface area contributed by atoms with Crippen LogP contribution in [0.5, 0.6) is 0 Å². The van der Waals surface area contributed by atoms with Gasteiger partial charge in [0.2, 0.25) is 4.96 Å². The second-order valence-electron chi connectivity index (χ2n) is 6.12. The maximum absolute atomic E-state index is 6.31. The molecule has 0 aromatic carbocycles. The average Bonchev–Trinajstić information content (AvgIpc) is 3.01. The lowest BCUT2D eigenvalue weighted by Gasteiger charge is -2.37. The quantitative estimate of drug-likeness (QED) is 0.934. The van der Waals surface area contributed by atoms with E-state index in [0.717, 1.165) is 35.1 Å². The van der Waals surface area contributed by atoms with Crippen LogP contribution < -0.4 is 5.73 Å². The van der Waals surface area contributed by atoms with Crippen LogP contribution in [0, 0.1) is 0 Å². The second kappa shape index (κ2) is 4.24. The van der Waals surface area contributed by atoms with Crippen molar-refractivity contribution >= 4 is 16.3 Å². The standard InChI is InChI=1S/C13H19N5S/c14-13(6-3-7-13)8-10-17-18-11(9-4-1-2-5-9)15-16-12(18)19-10/h9H,1-8,14H2. The fraction of sp³-hybridized carbons (Fsp3) is 0.769. The van der Waals surface area contributed by atoms with Crippen molar-refractivity contribution in [3.05, 3.63) is 10.8 Å². The highest BCUT2D eigenvalue weighted by molar-refractivity contribution is 7.16. The molecule has 4 rings (SSSR count). The van der Waals surface area contributed by atoms with Crippen molar-refractivity contribution in [2.45, 2.75) is 62.8 Å². The van der Waals surface area contributed by atoms with Gasteiger partial charge in [-0.2, -0.15) is 9.61 Å². The van der Waals surface area contributed by atoms with Crippen LogP contribution in [0.3, 0.4) is 0 Å². The van der Waals surface area contributed by atoms with Gasteiger partial charge in [-0.3, -0.25) is 0 Å². The summed E-state index contributed by atoms with van der Waals surface area (Å²) in [7, 11) is 0. The monoisotopic (exact) mass is 277 g/mol. The fourth-order valence-electron chi connectivity index (χ4n) is 3.29. The smallest absolute Gasteiger partial charge is 0.234 e. The maximum atomic E-state index is 6.31. The second-order valence-corrected chi connectivity index (χ2v) is 7.16. The van der Waals surface area contributed by atoms with Gasteiger partial charge in [0.1, 0.15) is 5.01 Å². The van der Waals surface area contributed by atoms with Gasteiger partial charge in [0, 0.05) is 17.9 Å². The molecule has 0 unspecified atom stereocenters. The Balaban J connectivity index is 1.63. The normalized spacial score (nSPS) is 23.0. The number of fused-ring (bicyclic) bond motifs is 1. The topological polar surface area (TPSA) is 69.1 Å². The van der Waals surface area contributed by atoms with Crippen molar-refractivity contribution < 1.29 is 0 Å².